The molecule has 0 saturated heterocycles. The lowest BCUT2D eigenvalue weighted by Crippen LogP contribution is -2.40. The number of hydrogen-bond acceptors (Lipinski definition) is 3. The van der Waals surface area contributed by atoms with E-state index in [1.54, 1.807) is 13.8 Å². The highest BCUT2D eigenvalue weighted by atomic mass is 16.2. The van der Waals surface area contributed by atoms with Crippen molar-refractivity contribution in [2.45, 2.75) is 33.7 Å². The van der Waals surface area contributed by atoms with E-state index in [1.807, 2.05) is 6.92 Å². The largest absolute Gasteiger partial charge is 0.345 e. The van der Waals surface area contributed by atoms with Gasteiger partial charge in [0.15, 0.2) is 0 Å². The third-order valence-corrected chi connectivity index (χ3v) is 2.19. The van der Waals surface area contributed by atoms with Gasteiger partial charge in [0.1, 0.15) is 6.04 Å². The normalized spacial score (nSPS) is 12.0. The molecule has 0 spiro atoms. The maximum atomic E-state index is 11.7. The average Bonchev–Trinajstić information content (AvgIpc) is 2.48. The number of H-pyrrole nitrogens is 1. The first kappa shape index (κ1) is 12.2. The predicted molar refractivity (Wildman–Crippen MR) is 60.0 cm³/mol. The Balaban J connectivity index is 2.68. The van der Waals surface area contributed by atoms with Crippen LogP contribution in [0, 0.1) is 13.8 Å². The van der Waals surface area contributed by atoms with Crippen LogP contribution in [0.4, 0.5) is 5.69 Å². The van der Waals surface area contributed by atoms with Crippen LogP contribution in [0.15, 0.2) is 0 Å². The van der Waals surface area contributed by atoms with Gasteiger partial charge in [-0.15, -0.1) is 0 Å². The van der Waals surface area contributed by atoms with E-state index in [0.29, 0.717) is 5.69 Å². The quantitative estimate of drug-likeness (QED) is 0.698. The Morgan fingerprint density at radius 1 is 1.38 bits per heavy atom. The zero-order valence-corrected chi connectivity index (χ0v) is 9.84. The summed E-state index contributed by atoms with van der Waals surface area (Å²) in [6.45, 7) is 6.61. The number of rotatable bonds is 3. The molecule has 1 rings (SSSR count). The first-order valence-electron chi connectivity index (χ1n) is 5.01. The van der Waals surface area contributed by atoms with E-state index in [-0.39, 0.29) is 11.8 Å². The van der Waals surface area contributed by atoms with Gasteiger partial charge >= 0.3 is 0 Å². The minimum Gasteiger partial charge on any atom is -0.345 e. The highest BCUT2D eigenvalue weighted by molar-refractivity contribution is 5.97. The fourth-order valence-electron chi connectivity index (χ4n) is 1.34. The summed E-state index contributed by atoms with van der Waals surface area (Å²) in [5.74, 6) is -0.494. The number of anilines is 1. The van der Waals surface area contributed by atoms with Crippen LogP contribution < -0.4 is 10.6 Å². The lowest BCUT2D eigenvalue weighted by Gasteiger charge is -2.12. The van der Waals surface area contributed by atoms with E-state index >= 15 is 0 Å². The van der Waals surface area contributed by atoms with E-state index in [2.05, 4.69) is 20.8 Å². The summed E-state index contributed by atoms with van der Waals surface area (Å²) in [6, 6.07) is -0.564. The van der Waals surface area contributed by atoms with Gasteiger partial charge in [-0.05, 0) is 20.8 Å². The molecule has 16 heavy (non-hydrogen) atoms. The molecule has 0 aliphatic rings. The molecule has 0 aromatic carbocycles. The fraction of sp³-hybridized carbons (Fsp3) is 0.500. The van der Waals surface area contributed by atoms with Crippen molar-refractivity contribution in [1.29, 1.82) is 0 Å². The van der Waals surface area contributed by atoms with Crippen molar-refractivity contribution in [1.82, 2.24) is 15.5 Å². The van der Waals surface area contributed by atoms with Crippen LogP contribution in [0.25, 0.3) is 0 Å². The number of aromatic amines is 1. The fourth-order valence-corrected chi connectivity index (χ4v) is 1.34. The van der Waals surface area contributed by atoms with Gasteiger partial charge in [-0.1, -0.05) is 0 Å². The summed E-state index contributed by atoms with van der Waals surface area (Å²) < 4.78 is 0. The van der Waals surface area contributed by atoms with Crippen molar-refractivity contribution in [3.8, 4) is 0 Å². The van der Waals surface area contributed by atoms with E-state index in [9.17, 15) is 9.59 Å². The molecule has 1 aromatic rings. The van der Waals surface area contributed by atoms with Crippen molar-refractivity contribution in [2.75, 3.05) is 5.32 Å². The second-order valence-corrected chi connectivity index (χ2v) is 3.72. The molecule has 1 aromatic heterocycles. The Bertz CT molecular complexity index is 391. The van der Waals surface area contributed by atoms with Gasteiger partial charge < -0.3 is 10.6 Å². The van der Waals surface area contributed by atoms with Crippen LogP contribution in [0.5, 0.6) is 0 Å². The Morgan fingerprint density at radius 2 is 2.00 bits per heavy atom. The molecule has 0 aliphatic carbocycles. The minimum absolute atomic E-state index is 0.233. The molecule has 6 nitrogen and oxygen atoms in total. The van der Waals surface area contributed by atoms with Gasteiger partial charge in [-0.25, -0.2) is 0 Å². The predicted octanol–water partition coefficient (Wildman–Crippen LogP) is 0.490. The topological polar surface area (TPSA) is 86.9 Å². The summed E-state index contributed by atoms with van der Waals surface area (Å²) in [7, 11) is 0. The minimum atomic E-state index is -0.564. The van der Waals surface area contributed by atoms with Crippen molar-refractivity contribution in [3.63, 3.8) is 0 Å². The van der Waals surface area contributed by atoms with Crippen LogP contribution in [-0.2, 0) is 9.59 Å². The molecule has 0 radical (unpaired) electrons. The van der Waals surface area contributed by atoms with Gasteiger partial charge in [0.25, 0.3) is 0 Å². The second kappa shape index (κ2) is 4.78. The molecule has 1 heterocycles. The van der Waals surface area contributed by atoms with Crippen LogP contribution in [0.3, 0.4) is 0 Å². The van der Waals surface area contributed by atoms with Crippen molar-refractivity contribution < 1.29 is 9.59 Å². The summed E-state index contributed by atoms with van der Waals surface area (Å²) in [6.07, 6.45) is 0. The highest BCUT2D eigenvalue weighted by Crippen LogP contribution is 2.15. The van der Waals surface area contributed by atoms with Crippen molar-refractivity contribution in [2.24, 2.45) is 0 Å². The number of aromatic nitrogens is 2. The molecule has 1 atom stereocenters. The molecule has 88 valence electrons. The van der Waals surface area contributed by atoms with E-state index in [1.165, 1.54) is 6.92 Å². The van der Waals surface area contributed by atoms with Crippen molar-refractivity contribution in [3.05, 3.63) is 11.4 Å². The first-order valence-corrected chi connectivity index (χ1v) is 5.01. The Labute approximate surface area is 93.8 Å². The Hall–Kier alpha value is -1.85. The van der Waals surface area contributed by atoms with E-state index < -0.39 is 6.04 Å². The van der Waals surface area contributed by atoms with E-state index in [0.717, 1.165) is 11.4 Å². The van der Waals surface area contributed by atoms with Crippen LogP contribution in [-0.4, -0.2) is 28.1 Å². The molecule has 3 N–H and O–H groups in total. The van der Waals surface area contributed by atoms with Gasteiger partial charge in [-0.3, -0.25) is 14.7 Å². The van der Waals surface area contributed by atoms with Crippen molar-refractivity contribution >= 4 is 17.5 Å². The van der Waals surface area contributed by atoms with Crippen LogP contribution in [0.1, 0.15) is 25.2 Å². The third-order valence-electron chi connectivity index (χ3n) is 2.19. The number of carbonyl (C=O) groups excluding carboxylic acids is 2. The number of carbonyl (C=O) groups is 2. The molecule has 0 saturated carbocycles. The average molecular weight is 224 g/mol. The van der Waals surface area contributed by atoms with Gasteiger partial charge in [0, 0.05) is 6.92 Å². The molecule has 2 amide bonds. The maximum Gasteiger partial charge on any atom is 0.246 e. The Morgan fingerprint density at radius 3 is 2.44 bits per heavy atom. The zero-order chi connectivity index (χ0) is 12.3. The smallest absolute Gasteiger partial charge is 0.246 e. The molecule has 0 fully saturated rings. The van der Waals surface area contributed by atoms with Gasteiger partial charge in [0.05, 0.1) is 17.1 Å². The number of nitrogens with zero attached hydrogens (tertiary/aromatic N) is 1. The molecule has 6 heteroatoms. The number of nitrogens with one attached hydrogen (secondary N) is 3. The molecular weight excluding hydrogens is 208 g/mol. The first-order chi connectivity index (χ1) is 7.41. The number of hydrogen-bond donors (Lipinski definition) is 3. The molecular formula is C10H16N4O2. The van der Waals surface area contributed by atoms with Crippen LogP contribution in [0.2, 0.25) is 0 Å². The molecule has 0 aliphatic heterocycles. The summed E-state index contributed by atoms with van der Waals surface area (Å²) in [5, 5.41) is 12.0. The third kappa shape index (κ3) is 2.82. The monoisotopic (exact) mass is 224 g/mol. The van der Waals surface area contributed by atoms with E-state index in [4.69, 9.17) is 0 Å². The summed E-state index contributed by atoms with van der Waals surface area (Å²) in [5.41, 5.74) is 2.18. The summed E-state index contributed by atoms with van der Waals surface area (Å²) in [4.78, 5) is 22.5. The summed E-state index contributed by atoms with van der Waals surface area (Å²) >= 11 is 0. The number of amides is 2. The number of aryl methyl sites for hydroxylation is 2. The lowest BCUT2D eigenvalue weighted by atomic mass is 10.2. The maximum absolute atomic E-state index is 11.7. The SMILES string of the molecule is CC(=O)NC(C)C(=O)Nc1c(C)n[nH]c1C. The zero-order valence-electron chi connectivity index (χ0n) is 9.84. The van der Waals surface area contributed by atoms with Gasteiger partial charge in [0.2, 0.25) is 11.8 Å². The Kier molecular flexibility index (Phi) is 3.65. The highest BCUT2D eigenvalue weighted by Gasteiger charge is 2.16. The molecule has 1 unspecified atom stereocenters. The molecule has 0 bridgehead atoms. The lowest BCUT2D eigenvalue weighted by molar-refractivity contribution is -0.124. The van der Waals surface area contributed by atoms with Crippen LogP contribution >= 0.6 is 0 Å². The standard InChI is InChI=1S/C10H16N4O2/c1-5-9(6(2)14-13-5)12-10(16)7(3)11-8(4)15/h7H,1-4H3,(H,11,15)(H,12,16)(H,13,14). The van der Waals surface area contributed by atoms with Gasteiger partial charge in [-0.2, -0.15) is 5.10 Å². The second-order valence-electron chi connectivity index (χ2n) is 3.72.